The number of nitrogens with one attached hydrogen (secondary N) is 2. The van der Waals surface area contributed by atoms with Gasteiger partial charge in [0.05, 0.1) is 12.3 Å². The number of amides is 2. The molecule has 0 radical (unpaired) electrons. The molecule has 0 spiro atoms. The number of anilines is 1. The zero-order chi connectivity index (χ0) is 13.4. The van der Waals surface area contributed by atoms with Crippen molar-refractivity contribution in [1.82, 2.24) is 5.32 Å². The number of carbonyl (C=O) groups is 2. The maximum Gasteiger partial charge on any atom is 0.313 e. The summed E-state index contributed by atoms with van der Waals surface area (Å²) in [4.78, 5) is 22.9. The standard InChI is InChI=1S/C12H17N3O3/c1-2-18-10-6-4-3-5-9(10)15-12(17)11(16)14-8-7-13/h3-6H,2,7-8,13H2,1H3,(H,14,16)(H,15,17). The normalized spacial score (nSPS) is 9.67. The Bertz CT molecular complexity index is 421. The van der Waals surface area contributed by atoms with Crippen LogP contribution in [0.4, 0.5) is 5.69 Å². The SMILES string of the molecule is CCOc1ccccc1NC(=O)C(=O)NCCN. The van der Waals surface area contributed by atoms with Gasteiger partial charge in [-0.15, -0.1) is 0 Å². The van der Waals surface area contributed by atoms with E-state index < -0.39 is 11.8 Å². The van der Waals surface area contributed by atoms with Gasteiger partial charge >= 0.3 is 11.8 Å². The topological polar surface area (TPSA) is 93.4 Å². The highest BCUT2D eigenvalue weighted by Gasteiger charge is 2.14. The minimum atomic E-state index is -0.740. The van der Waals surface area contributed by atoms with Gasteiger partial charge in [0.2, 0.25) is 0 Å². The molecule has 4 N–H and O–H groups in total. The lowest BCUT2D eigenvalue weighted by atomic mass is 10.3. The molecule has 0 saturated carbocycles. The predicted molar refractivity (Wildman–Crippen MR) is 68.3 cm³/mol. The van der Waals surface area contributed by atoms with Gasteiger partial charge in [-0.25, -0.2) is 0 Å². The molecule has 6 nitrogen and oxygen atoms in total. The number of nitrogens with two attached hydrogens (primary N) is 1. The first-order chi connectivity index (χ1) is 8.69. The van der Waals surface area contributed by atoms with E-state index in [-0.39, 0.29) is 13.1 Å². The predicted octanol–water partition coefficient (Wildman–Crippen LogP) is 0.0987. The highest BCUT2D eigenvalue weighted by atomic mass is 16.5. The van der Waals surface area contributed by atoms with Crippen LogP contribution in [0.2, 0.25) is 0 Å². The van der Waals surface area contributed by atoms with Crippen LogP contribution in [-0.4, -0.2) is 31.5 Å². The molecule has 6 heteroatoms. The van der Waals surface area contributed by atoms with E-state index in [0.717, 1.165) is 0 Å². The van der Waals surface area contributed by atoms with Crippen molar-refractivity contribution in [2.45, 2.75) is 6.92 Å². The van der Waals surface area contributed by atoms with E-state index in [1.165, 1.54) is 0 Å². The first-order valence-electron chi connectivity index (χ1n) is 5.70. The molecule has 0 saturated heterocycles. The van der Waals surface area contributed by atoms with Crippen molar-refractivity contribution in [3.63, 3.8) is 0 Å². The van der Waals surface area contributed by atoms with Crippen LogP contribution >= 0.6 is 0 Å². The number of para-hydroxylation sites is 2. The van der Waals surface area contributed by atoms with Crippen molar-refractivity contribution in [3.8, 4) is 5.75 Å². The number of hydrogen-bond acceptors (Lipinski definition) is 4. The molecule has 98 valence electrons. The van der Waals surface area contributed by atoms with Crippen molar-refractivity contribution < 1.29 is 14.3 Å². The fourth-order valence-corrected chi connectivity index (χ4v) is 1.30. The number of rotatable bonds is 5. The molecular weight excluding hydrogens is 234 g/mol. The second-order valence-electron chi connectivity index (χ2n) is 3.43. The smallest absolute Gasteiger partial charge is 0.313 e. The summed E-state index contributed by atoms with van der Waals surface area (Å²) >= 11 is 0. The van der Waals surface area contributed by atoms with Crippen molar-refractivity contribution in [3.05, 3.63) is 24.3 Å². The lowest BCUT2D eigenvalue weighted by Gasteiger charge is -2.10. The summed E-state index contributed by atoms with van der Waals surface area (Å²) in [6.45, 7) is 2.87. The summed E-state index contributed by atoms with van der Waals surface area (Å²) in [5.41, 5.74) is 5.69. The van der Waals surface area contributed by atoms with Gasteiger partial charge in [-0.1, -0.05) is 12.1 Å². The number of carbonyl (C=O) groups excluding carboxylic acids is 2. The van der Waals surface area contributed by atoms with Gasteiger partial charge in [0.25, 0.3) is 0 Å². The van der Waals surface area contributed by atoms with Crippen LogP contribution in [0.5, 0.6) is 5.75 Å². The van der Waals surface area contributed by atoms with E-state index >= 15 is 0 Å². The molecule has 0 aliphatic carbocycles. The van der Waals surface area contributed by atoms with Gasteiger partial charge in [0, 0.05) is 13.1 Å². The van der Waals surface area contributed by atoms with Crippen LogP contribution in [0.1, 0.15) is 6.92 Å². The Labute approximate surface area is 105 Å². The van der Waals surface area contributed by atoms with Crippen LogP contribution in [0.25, 0.3) is 0 Å². The van der Waals surface area contributed by atoms with Crippen molar-refractivity contribution in [1.29, 1.82) is 0 Å². The van der Waals surface area contributed by atoms with Gasteiger partial charge in [0.15, 0.2) is 0 Å². The Kier molecular flexibility index (Phi) is 5.66. The van der Waals surface area contributed by atoms with Gasteiger partial charge in [0.1, 0.15) is 5.75 Å². The van der Waals surface area contributed by atoms with Crippen molar-refractivity contribution >= 4 is 17.5 Å². The van der Waals surface area contributed by atoms with E-state index in [1.807, 2.05) is 6.92 Å². The fourth-order valence-electron chi connectivity index (χ4n) is 1.30. The Morgan fingerprint density at radius 1 is 1.28 bits per heavy atom. The van der Waals surface area contributed by atoms with Crippen LogP contribution in [0.3, 0.4) is 0 Å². The maximum absolute atomic E-state index is 11.6. The van der Waals surface area contributed by atoms with Crippen LogP contribution in [-0.2, 0) is 9.59 Å². The Balaban J connectivity index is 2.66. The van der Waals surface area contributed by atoms with Crippen molar-refractivity contribution in [2.75, 3.05) is 25.0 Å². The Morgan fingerprint density at radius 2 is 2.00 bits per heavy atom. The molecule has 0 bridgehead atoms. The third-order valence-electron chi connectivity index (χ3n) is 2.07. The second kappa shape index (κ2) is 7.29. The molecule has 1 aromatic rings. The molecule has 0 aliphatic heterocycles. The molecule has 1 rings (SSSR count). The number of ether oxygens (including phenoxy) is 1. The van der Waals surface area contributed by atoms with Crippen LogP contribution in [0, 0.1) is 0 Å². The third kappa shape index (κ3) is 4.06. The zero-order valence-corrected chi connectivity index (χ0v) is 10.2. The highest BCUT2D eigenvalue weighted by molar-refractivity contribution is 6.39. The molecule has 2 amide bonds. The average molecular weight is 251 g/mol. The van der Waals surface area contributed by atoms with Gasteiger partial charge in [-0.3, -0.25) is 9.59 Å². The maximum atomic E-state index is 11.6. The Morgan fingerprint density at radius 3 is 2.67 bits per heavy atom. The first kappa shape index (κ1) is 14.0. The zero-order valence-electron chi connectivity index (χ0n) is 10.2. The van der Waals surface area contributed by atoms with E-state index in [2.05, 4.69) is 10.6 Å². The lowest BCUT2D eigenvalue weighted by molar-refractivity contribution is -0.136. The molecule has 0 aromatic heterocycles. The number of hydrogen-bond donors (Lipinski definition) is 3. The van der Waals surface area contributed by atoms with Crippen LogP contribution in [0.15, 0.2) is 24.3 Å². The van der Waals surface area contributed by atoms with Gasteiger partial charge in [-0.05, 0) is 19.1 Å². The van der Waals surface area contributed by atoms with Crippen molar-refractivity contribution in [2.24, 2.45) is 5.73 Å². The van der Waals surface area contributed by atoms with E-state index in [9.17, 15) is 9.59 Å². The lowest BCUT2D eigenvalue weighted by Crippen LogP contribution is -2.38. The van der Waals surface area contributed by atoms with E-state index in [4.69, 9.17) is 10.5 Å². The minimum Gasteiger partial charge on any atom is -0.492 e. The molecule has 0 heterocycles. The summed E-state index contributed by atoms with van der Waals surface area (Å²) < 4.78 is 5.33. The number of benzene rings is 1. The molecule has 0 aliphatic rings. The monoisotopic (exact) mass is 251 g/mol. The second-order valence-corrected chi connectivity index (χ2v) is 3.43. The summed E-state index contributed by atoms with van der Waals surface area (Å²) in [5, 5.41) is 4.87. The summed E-state index contributed by atoms with van der Waals surface area (Å²) in [6, 6.07) is 6.92. The minimum absolute atomic E-state index is 0.263. The average Bonchev–Trinajstić information content (AvgIpc) is 2.38. The fraction of sp³-hybridized carbons (Fsp3) is 0.333. The van der Waals surface area contributed by atoms with Gasteiger partial charge < -0.3 is 21.1 Å². The quantitative estimate of drug-likeness (QED) is 0.647. The summed E-state index contributed by atoms with van der Waals surface area (Å²) in [5.74, 6) is -0.928. The summed E-state index contributed by atoms with van der Waals surface area (Å²) in [7, 11) is 0. The molecule has 18 heavy (non-hydrogen) atoms. The van der Waals surface area contributed by atoms with E-state index in [1.54, 1.807) is 24.3 Å². The summed E-state index contributed by atoms with van der Waals surface area (Å²) in [6.07, 6.45) is 0. The Hall–Kier alpha value is -2.08. The molecule has 0 fully saturated rings. The molecular formula is C12H17N3O3. The molecule has 0 unspecified atom stereocenters. The molecule has 1 aromatic carbocycles. The first-order valence-corrected chi connectivity index (χ1v) is 5.70. The van der Waals surface area contributed by atoms with Gasteiger partial charge in [-0.2, -0.15) is 0 Å². The highest BCUT2D eigenvalue weighted by Crippen LogP contribution is 2.23. The van der Waals surface area contributed by atoms with E-state index in [0.29, 0.717) is 18.0 Å². The molecule has 0 atom stereocenters. The largest absolute Gasteiger partial charge is 0.492 e. The van der Waals surface area contributed by atoms with Crippen LogP contribution < -0.4 is 21.1 Å². The third-order valence-corrected chi connectivity index (χ3v) is 2.07.